The van der Waals surface area contributed by atoms with Gasteiger partial charge in [0.2, 0.25) is 0 Å². The van der Waals surface area contributed by atoms with Crippen molar-refractivity contribution in [1.29, 1.82) is 0 Å². The molecule has 0 radical (unpaired) electrons. The third kappa shape index (κ3) is 4.04. The minimum absolute atomic E-state index is 0.0156. The monoisotopic (exact) mass is 251 g/mol. The molecule has 0 aromatic heterocycles. The molecular weight excluding hydrogens is 230 g/mol. The van der Waals surface area contributed by atoms with Crippen LogP contribution < -0.4 is 14.8 Å². The highest BCUT2D eigenvalue weighted by Gasteiger charge is 2.12. The minimum Gasteiger partial charge on any atom is -0.497 e. The highest BCUT2D eigenvalue weighted by Crippen LogP contribution is 2.24. The number of rotatable bonds is 8. The van der Waals surface area contributed by atoms with E-state index in [-0.39, 0.29) is 5.78 Å². The van der Waals surface area contributed by atoms with E-state index in [1.807, 2.05) is 0 Å². The van der Waals surface area contributed by atoms with Crippen LogP contribution in [0.1, 0.15) is 30.1 Å². The Morgan fingerprint density at radius 2 is 2.06 bits per heavy atom. The molecule has 0 aliphatic heterocycles. The second-order valence-electron chi connectivity index (χ2n) is 4.02. The fourth-order valence-electron chi connectivity index (χ4n) is 1.63. The highest BCUT2D eigenvalue weighted by molar-refractivity contribution is 6.00. The number of carbonyl (C=O) groups is 1. The summed E-state index contributed by atoms with van der Waals surface area (Å²) >= 11 is 0. The van der Waals surface area contributed by atoms with E-state index in [1.165, 1.54) is 0 Å². The van der Waals surface area contributed by atoms with Gasteiger partial charge in [0, 0.05) is 0 Å². The molecule has 0 aliphatic carbocycles. The highest BCUT2D eigenvalue weighted by atomic mass is 16.5. The van der Waals surface area contributed by atoms with Crippen molar-refractivity contribution in [2.45, 2.75) is 19.8 Å². The number of benzene rings is 1. The first-order chi connectivity index (χ1) is 8.72. The molecule has 1 N–H and O–H groups in total. The molecule has 0 saturated carbocycles. The molecule has 0 bridgehead atoms. The molecule has 0 heterocycles. The van der Waals surface area contributed by atoms with Crippen molar-refractivity contribution in [2.24, 2.45) is 0 Å². The maximum Gasteiger partial charge on any atom is 0.180 e. The van der Waals surface area contributed by atoms with Gasteiger partial charge in [-0.3, -0.25) is 4.79 Å². The molecule has 0 spiro atoms. The molecule has 100 valence electrons. The lowest BCUT2D eigenvalue weighted by Crippen LogP contribution is -2.24. The summed E-state index contributed by atoms with van der Waals surface area (Å²) in [6.45, 7) is 3.30. The number of ketones is 1. The van der Waals surface area contributed by atoms with Crippen molar-refractivity contribution in [2.75, 3.05) is 27.3 Å². The first kappa shape index (κ1) is 14.5. The van der Waals surface area contributed by atoms with Gasteiger partial charge in [-0.1, -0.05) is 13.3 Å². The molecule has 0 fully saturated rings. The van der Waals surface area contributed by atoms with Crippen molar-refractivity contribution in [3.05, 3.63) is 23.8 Å². The first-order valence-electron chi connectivity index (χ1n) is 6.18. The third-order valence-electron chi connectivity index (χ3n) is 2.70. The van der Waals surface area contributed by atoms with E-state index in [0.717, 1.165) is 19.4 Å². The van der Waals surface area contributed by atoms with E-state index in [9.17, 15) is 4.79 Å². The van der Waals surface area contributed by atoms with Crippen molar-refractivity contribution >= 4 is 5.78 Å². The summed E-state index contributed by atoms with van der Waals surface area (Å²) in [4.78, 5) is 12.1. The summed E-state index contributed by atoms with van der Waals surface area (Å²) in [5.41, 5.74) is 0.556. The number of carbonyl (C=O) groups excluding carboxylic acids is 1. The summed E-state index contributed by atoms with van der Waals surface area (Å²) in [5, 5.41) is 3.13. The van der Waals surface area contributed by atoms with Crippen LogP contribution in [0.15, 0.2) is 18.2 Å². The van der Waals surface area contributed by atoms with Gasteiger partial charge in [-0.15, -0.1) is 0 Å². The normalized spacial score (nSPS) is 10.2. The van der Waals surface area contributed by atoms with Gasteiger partial charge in [-0.2, -0.15) is 0 Å². The Balaban J connectivity index is 2.70. The van der Waals surface area contributed by atoms with Crippen LogP contribution in [0.4, 0.5) is 0 Å². The molecule has 1 aromatic carbocycles. The van der Waals surface area contributed by atoms with Crippen LogP contribution in [0.25, 0.3) is 0 Å². The van der Waals surface area contributed by atoms with E-state index in [2.05, 4.69) is 12.2 Å². The van der Waals surface area contributed by atoms with E-state index in [0.29, 0.717) is 23.6 Å². The van der Waals surface area contributed by atoms with Gasteiger partial charge in [0.1, 0.15) is 11.5 Å². The standard InChI is InChI=1S/C14H21NO3/c1-4-5-8-15-10-13(16)12-9-11(17-2)6-7-14(12)18-3/h6-7,9,15H,4-5,8,10H2,1-3H3. The summed E-state index contributed by atoms with van der Waals surface area (Å²) in [7, 11) is 3.14. The van der Waals surface area contributed by atoms with Crippen molar-refractivity contribution in [3.63, 3.8) is 0 Å². The van der Waals surface area contributed by atoms with Crippen LogP contribution in [-0.2, 0) is 0 Å². The van der Waals surface area contributed by atoms with Gasteiger partial charge in [-0.25, -0.2) is 0 Å². The molecule has 0 amide bonds. The fraction of sp³-hybridized carbons (Fsp3) is 0.500. The molecule has 0 saturated heterocycles. The number of unbranched alkanes of at least 4 members (excludes halogenated alkanes) is 1. The Kier molecular flexibility index (Phi) is 6.22. The van der Waals surface area contributed by atoms with E-state index in [1.54, 1.807) is 32.4 Å². The number of methoxy groups -OCH3 is 2. The summed E-state index contributed by atoms with van der Waals surface area (Å²) in [6, 6.07) is 5.24. The average molecular weight is 251 g/mol. The molecule has 1 aromatic rings. The Bertz CT molecular complexity index is 391. The van der Waals surface area contributed by atoms with E-state index < -0.39 is 0 Å². The van der Waals surface area contributed by atoms with Gasteiger partial charge < -0.3 is 14.8 Å². The topological polar surface area (TPSA) is 47.6 Å². The molecule has 18 heavy (non-hydrogen) atoms. The van der Waals surface area contributed by atoms with Crippen LogP contribution in [0.3, 0.4) is 0 Å². The predicted molar refractivity (Wildman–Crippen MR) is 71.7 cm³/mol. The van der Waals surface area contributed by atoms with Crippen LogP contribution in [0.2, 0.25) is 0 Å². The number of nitrogens with one attached hydrogen (secondary N) is 1. The number of ether oxygens (including phenoxy) is 2. The van der Waals surface area contributed by atoms with Gasteiger partial charge >= 0.3 is 0 Å². The Hall–Kier alpha value is -1.55. The molecule has 4 nitrogen and oxygen atoms in total. The number of hydrogen-bond acceptors (Lipinski definition) is 4. The van der Waals surface area contributed by atoms with Gasteiger partial charge in [-0.05, 0) is 31.2 Å². The lowest BCUT2D eigenvalue weighted by atomic mass is 10.1. The van der Waals surface area contributed by atoms with Crippen LogP contribution in [0.5, 0.6) is 11.5 Å². The van der Waals surface area contributed by atoms with Crippen molar-refractivity contribution < 1.29 is 14.3 Å². The second-order valence-corrected chi connectivity index (χ2v) is 4.02. The second kappa shape index (κ2) is 7.71. The molecular formula is C14H21NO3. The zero-order valence-electron chi connectivity index (χ0n) is 11.3. The zero-order valence-corrected chi connectivity index (χ0v) is 11.3. The van der Waals surface area contributed by atoms with Crippen molar-refractivity contribution in [3.8, 4) is 11.5 Å². The van der Waals surface area contributed by atoms with Crippen molar-refractivity contribution in [1.82, 2.24) is 5.32 Å². The van der Waals surface area contributed by atoms with E-state index in [4.69, 9.17) is 9.47 Å². The summed E-state index contributed by atoms with van der Waals surface area (Å²) < 4.78 is 10.3. The van der Waals surface area contributed by atoms with E-state index >= 15 is 0 Å². The van der Waals surface area contributed by atoms with Crippen LogP contribution in [-0.4, -0.2) is 33.1 Å². The molecule has 0 atom stereocenters. The lowest BCUT2D eigenvalue weighted by molar-refractivity contribution is 0.0988. The Morgan fingerprint density at radius 1 is 1.28 bits per heavy atom. The minimum atomic E-state index is 0.0156. The van der Waals surface area contributed by atoms with Gasteiger partial charge in [0.05, 0.1) is 26.3 Å². The van der Waals surface area contributed by atoms with Gasteiger partial charge in [0.25, 0.3) is 0 Å². The maximum atomic E-state index is 12.1. The largest absolute Gasteiger partial charge is 0.497 e. The van der Waals surface area contributed by atoms with Gasteiger partial charge in [0.15, 0.2) is 5.78 Å². The summed E-state index contributed by atoms with van der Waals surface area (Å²) in [6.07, 6.45) is 2.19. The third-order valence-corrected chi connectivity index (χ3v) is 2.70. The molecule has 0 aliphatic rings. The smallest absolute Gasteiger partial charge is 0.180 e. The quantitative estimate of drug-likeness (QED) is 0.569. The lowest BCUT2D eigenvalue weighted by Gasteiger charge is -2.10. The molecule has 1 rings (SSSR count). The van der Waals surface area contributed by atoms with Crippen LogP contribution in [0, 0.1) is 0 Å². The Labute approximate surface area is 108 Å². The zero-order chi connectivity index (χ0) is 13.4. The number of hydrogen-bond donors (Lipinski definition) is 1. The Morgan fingerprint density at radius 3 is 2.67 bits per heavy atom. The molecule has 0 unspecified atom stereocenters. The fourth-order valence-corrected chi connectivity index (χ4v) is 1.63. The maximum absolute atomic E-state index is 12.1. The number of Topliss-reactive ketones (excluding diaryl/α,β-unsaturated/α-hetero) is 1. The SMILES string of the molecule is CCCCNCC(=O)c1cc(OC)ccc1OC. The molecule has 4 heteroatoms. The van der Waals surface area contributed by atoms with Crippen LogP contribution >= 0.6 is 0 Å². The predicted octanol–water partition coefficient (Wildman–Crippen LogP) is 2.28. The average Bonchev–Trinajstić information content (AvgIpc) is 2.42. The first-order valence-corrected chi connectivity index (χ1v) is 6.18. The summed E-state index contributed by atoms with van der Waals surface area (Å²) in [5.74, 6) is 1.26.